The van der Waals surface area contributed by atoms with Crippen LogP contribution in [0.25, 0.3) is 0 Å². The van der Waals surface area contributed by atoms with E-state index in [4.69, 9.17) is 0 Å². The number of benzene rings is 1. The lowest BCUT2D eigenvalue weighted by Gasteiger charge is -2.13. The zero-order chi connectivity index (χ0) is 12.9. The molecule has 1 N–H and O–H groups in total. The first-order chi connectivity index (χ1) is 7.90. The molecule has 17 heavy (non-hydrogen) atoms. The largest absolute Gasteiger partial charge is 0.573 e. The van der Waals surface area contributed by atoms with Crippen molar-refractivity contribution in [3.63, 3.8) is 0 Å². The fourth-order valence-electron chi connectivity index (χ4n) is 1.69. The zero-order valence-electron chi connectivity index (χ0n) is 9.84. The molecule has 1 atom stereocenters. The molecule has 1 rings (SSSR count). The lowest BCUT2D eigenvalue weighted by molar-refractivity contribution is -0.274. The molecule has 0 fully saturated rings. The van der Waals surface area contributed by atoms with Gasteiger partial charge in [-0.3, -0.25) is 0 Å². The van der Waals surface area contributed by atoms with Crippen molar-refractivity contribution in [3.05, 3.63) is 29.8 Å². The van der Waals surface area contributed by atoms with Gasteiger partial charge in [-0.15, -0.1) is 13.2 Å². The number of rotatable bonds is 5. The third-order valence-electron chi connectivity index (χ3n) is 2.27. The maximum atomic E-state index is 12.0. The Balaban J connectivity index is 2.66. The van der Waals surface area contributed by atoms with E-state index in [1.165, 1.54) is 12.1 Å². The van der Waals surface area contributed by atoms with Crippen LogP contribution in [0.2, 0.25) is 0 Å². The molecule has 96 valence electrons. The Labute approximate surface area is 98.8 Å². The Morgan fingerprint density at radius 2 is 2.06 bits per heavy atom. The first kappa shape index (κ1) is 13.8. The molecule has 2 nitrogen and oxygen atoms in total. The number of halogens is 3. The van der Waals surface area contributed by atoms with Gasteiger partial charge in [0.2, 0.25) is 0 Å². The lowest BCUT2D eigenvalue weighted by atomic mass is 10.0. The quantitative estimate of drug-likeness (QED) is 0.863. The highest BCUT2D eigenvalue weighted by atomic mass is 19.4. The summed E-state index contributed by atoms with van der Waals surface area (Å²) in [6, 6.07) is 6.11. The van der Waals surface area contributed by atoms with Crippen molar-refractivity contribution < 1.29 is 17.9 Å². The van der Waals surface area contributed by atoms with Crippen molar-refractivity contribution in [1.82, 2.24) is 5.32 Å². The Bertz CT molecular complexity index is 352. The molecule has 1 aromatic carbocycles. The van der Waals surface area contributed by atoms with Crippen LogP contribution in [0.4, 0.5) is 13.2 Å². The predicted molar refractivity (Wildman–Crippen MR) is 59.9 cm³/mol. The Morgan fingerprint density at radius 1 is 1.35 bits per heavy atom. The minimum Gasteiger partial charge on any atom is -0.406 e. The molecule has 0 amide bonds. The molecule has 0 saturated carbocycles. The van der Waals surface area contributed by atoms with E-state index in [-0.39, 0.29) is 5.75 Å². The summed E-state index contributed by atoms with van der Waals surface area (Å²) in [5, 5.41) is 3.03. The molecule has 0 aromatic heterocycles. The maximum Gasteiger partial charge on any atom is 0.573 e. The van der Waals surface area contributed by atoms with Gasteiger partial charge in [-0.25, -0.2) is 0 Å². The summed E-state index contributed by atoms with van der Waals surface area (Å²) in [5.74, 6) is 0.202. The second kappa shape index (κ2) is 5.91. The third-order valence-corrected chi connectivity index (χ3v) is 2.27. The molecule has 0 heterocycles. The smallest absolute Gasteiger partial charge is 0.406 e. The van der Waals surface area contributed by atoms with Crippen molar-refractivity contribution in [1.29, 1.82) is 0 Å². The topological polar surface area (TPSA) is 21.3 Å². The van der Waals surface area contributed by atoms with Crippen LogP contribution >= 0.6 is 0 Å². The van der Waals surface area contributed by atoms with Crippen LogP contribution in [0.3, 0.4) is 0 Å². The van der Waals surface area contributed by atoms with E-state index < -0.39 is 6.36 Å². The van der Waals surface area contributed by atoms with Gasteiger partial charge in [0, 0.05) is 0 Å². The molecule has 0 aliphatic carbocycles. The predicted octanol–water partition coefficient (Wildman–Crippen LogP) is 2.98. The summed E-state index contributed by atoms with van der Waals surface area (Å²) < 4.78 is 39.9. The first-order valence-electron chi connectivity index (χ1n) is 5.40. The Hall–Kier alpha value is -1.23. The van der Waals surface area contributed by atoms with Crippen LogP contribution in [-0.4, -0.2) is 20.0 Å². The SMILES string of the molecule is CNCC(C)Cc1cccc(OC(F)(F)F)c1. The standard InChI is InChI=1S/C12H16F3NO/c1-9(8-16-2)6-10-4-3-5-11(7-10)17-12(13,14)15/h3-5,7,9,16H,6,8H2,1-2H3. The summed E-state index contributed by atoms with van der Waals surface area (Å²) in [6.07, 6.45) is -3.91. The number of hydrogen-bond donors (Lipinski definition) is 1. The highest BCUT2D eigenvalue weighted by Crippen LogP contribution is 2.24. The van der Waals surface area contributed by atoms with Crippen molar-refractivity contribution in [3.8, 4) is 5.75 Å². The van der Waals surface area contributed by atoms with Crippen LogP contribution in [0.15, 0.2) is 24.3 Å². The summed E-state index contributed by atoms with van der Waals surface area (Å²) >= 11 is 0. The monoisotopic (exact) mass is 247 g/mol. The van der Waals surface area contributed by atoms with Crippen LogP contribution < -0.4 is 10.1 Å². The van der Waals surface area contributed by atoms with Gasteiger partial charge in [0.1, 0.15) is 5.75 Å². The maximum absolute atomic E-state index is 12.0. The van der Waals surface area contributed by atoms with Crippen LogP contribution in [-0.2, 0) is 6.42 Å². The summed E-state index contributed by atoms with van der Waals surface area (Å²) in [6.45, 7) is 2.86. The number of hydrogen-bond acceptors (Lipinski definition) is 2. The molecule has 1 aromatic rings. The van der Waals surface area contributed by atoms with Crippen molar-refractivity contribution in [2.24, 2.45) is 5.92 Å². The summed E-state index contributed by atoms with van der Waals surface area (Å²) in [5.41, 5.74) is 0.842. The molecular formula is C12H16F3NO. The molecular weight excluding hydrogens is 231 g/mol. The van der Waals surface area contributed by atoms with Crippen LogP contribution in [0.5, 0.6) is 5.75 Å². The summed E-state index contributed by atoms with van der Waals surface area (Å²) in [7, 11) is 1.85. The summed E-state index contributed by atoms with van der Waals surface area (Å²) in [4.78, 5) is 0. The molecule has 0 bridgehead atoms. The minimum atomic E-state index is -4.63. The van der Waals surface area contributed by atoms with E-state index in [0.717, 1.165) is 18.5 Å². The highest BCUT2D eigenvalue weighted by Gasteiger charge is 2.31. The zero-order valence-corrected chi connectivity index (χ0v) is 9.84. The Morgan fingerprint density at radius 3 is 2.65 bits per heavy atom. The van der Waals surface area contributed by atoms with Crippen molar-refractivity contribution >= 4 is 0 Å². The second-order valence-corrected chi connectivity index (χ2v) is 4.06. The van der Waals surface area contributed by atoms with Gasteiger partial charge in [-0.1, -0.05) is 19.1 Å². The second-order valence-electron chi connectivity index (χ2n) is 4.06. The van der Waals surface area contributed by atoms with E-state index in [9.17, 15) is 13.2 Å². The van der Waals surface area contributed by atoms with Crippen molar-refractivity contribution in [2.75, 3.05) is 13.6 Å². The number of nitrogens with one attached hydrogen (secondary N) is 1. The number of ether oxygens (including phenoxy) is 1. The average Bonchev–Trinajstić information content (AvgIpc) is 2.15. The molecule has 1 unspecified atom stereocenters. The van der Waals surface area contributed by atoms with Crippen molar-refractivity contribution in [2.45, 2.75) is 19.7 Å². The van der Waals surface area contributed by atoms with E-state index >= 15 is 0 Å². The molecule has 5 heteroatoms. The first-order valence-corrected chi connectivity index (χ1v) is 5.40. The molecule has 0 spiro atoms. The number of alkyl halides is 3. The van der Waals surface area contributed by atoms with Gasteiger partial charge in [-0.05, 0) is 43.6 Å². The highest BCUT2D eigenvalue weighted by molar-refractivity contribution is 5.28. The van der Waals surface area contributed by atoms with Gasteiger partial charge >= 0.3 is 6.36 Å². The fraction of sp³-hybridized carbons (Fsp3) is 0.500. The third kappa shape index (κ3) is 5.58. The Kier molecular flexibility index (Phi) is 4.81. The van der Waals surface area contributed by atoms with Crippen LogP contribution in [0, 0.1) is 5.92 Å². The normalized spacial score (nSPS) is 13.5. The van der Waals surface area contributed by atoms with Gasteiger partial charge in [0.05, 0.1) is 0 Å². The fourth-order valence-corrected chi connectivity index (χ4v) is 1.69. The van der Waals surface area contributed by atoms with Gasteiger partial charge in [-0.2, -0.15) is 0 Å². The van der Waals surface area contributed by atoms with E-state index in [0.29, 0.717) is 5.92 Å². The van der Waals surface area contributed by atoms with E-state index in [2.05, 4.69) is 10.1 Å². The molecule has 0 aliphatic rings. The van der Waals surface area contributed by atoms with Gasteiger partial charge in [0.25, 0.3) is 0 Å². The van der Waals surface area contributed by atoms with E-state index in [1.807, 2.05) is 14.0 Å². The van der Waals surface area contributed by atoms with E-state index in [1.54, 1.807) is 12.1 Å². The molecule has 0 saturated heterocycles. The molecule has 0 radical (unpaired) electrons. The van der Waals surface area contributed by atoms with Gasteiger partial charge in [0.15, 0.2) is 0 Å². The average molecular weight is 247 g/mol. The lowest BCUT2D eigenvalue weighted by Crippen LogP contribution is -2.18. The van der Waals surface area contributed by atoms with Gasteiger partial charge < -0.3 is 10.1 Å². The van der Waals surface area contributed by atoms with Crippen LogP contribution in [0.1, 0.15) is 12.5 Å². The minimum absolute atomic E-state index is 0.161. The molecule has 0 aliphatic heterocycles.